The molecule has 1 atom stereocenters. The zero-order valence-corrected chi connectivity index (χ0v) is 15.5. The summed E-state index contributed by atoms with van der Waals surface area (Å²) in [6.07, 6.45) is 9.33. The fourth-order valence-electron chi connectivity index (χ4n) is 3.34. The SMILES string of the molecule is CC(Sc1nccn1-c1cccc(F)c1)C(=O)N(C)C1CCCCC1. The van der Waals surface area contributed by atoms with Gasteiger partial charge in [-0.2, -0.15) is 0 Å². The van der Waals surface area contributed by atoms with Gasteiger partial charge in [0.2, 0.25) is 5.91 Å². The highest BCUT2D eigenvalue weighted by atomic mass is 32.2. The van der Waals surface area contributed by atoms with E-state index in [4.69, 9.17) is 0 Å². The van der Waals surface area contributed by atoms with Gasteiger partial charge in [-0.15, -0.1) is 0 Å². The minimum absolute atomic E-state index is 0.130. The number of amides is 1. The number of benzene rings is 1. The van der Waals surface area contributed by atoms with Crippen LogP contribution in [0.15, 0.2) is 41.8 Å². The molecule has 134 valence electrons. The standard InChI is InChI=1S/C19H24FN3OS/c1-14(18(24)22(2)16-8-4-3-5-9-16)25-19-21-11-12-23(19)17-10-6-7-15(20)13-17/h6-7,10-14,16H,3-5,8-9H2,1-2H3. The van der Waals surface area contributed by atoms with E-state index in [1.807, 2.05) is 29.5 Å². The average Bonchev–Trinajstić information content (AvgIpc) is 3.09. The van der Waals surface area contributed by atoms with E-state index in [-0.39, 0.29) is 17.0 Å². The third-order valence-corrected chi connectivity index (χ3v) is 5.86. The van der Waals surface area contributed by atoms with Crippen LogP contribution >= 0.6 is 11.8 Å². The molecule has 1 aliphatic carbocycles. The Morgan fingerprint density at radius 1 is 1.36 bits per heavy atom. The maximum Gasteiger partial charge on any atom is 0.235 e. The van der Waals surface area contributed by atoms with Gasteiger partial charge >= 0.3 is 0 Å². The highest BCUT2D eigenvalue weighted by Gasteiger charge is 2.27. The molecule has 3 rings (SSSR count). The predicted octanol–water partition coefficient (Wildman–Crippen LogP) is 4.28. The number of hydrogen-bond donors (Lipinski definition) is 0. The Bertz CT molecular complexity index is 727. The lowest BCUT2D eigenvalue weighted by molar-refractivity contribution is -0.131. The van der Waals surface area contributed by atoms with E-state index in [2.05, 4.69) is 4.98 Å². The molecule has 6 heteroatoms. The minimum atomic E-state index is -0.289. The average molecular weight is 361 g/mol. The molecular formula is C19H24FN3OS. The molecule has 1 heterocycles. The highest BCUT2D eigenvalue weighted by molar-refractivity contribution is 8.00. The van der Waals surface area contributed by atoms with E-state index in [0.717, 1.165) is 12.8 Å². The van der Waals surface area contributed by atoms with E-state index in [1.54, 1.807) is 18.5 Å². The van der Waals surface area contributed by atoms with Crippen LogP contribution in [0.3, 0.4) is 0 Å². The van der Waals surface area contributed by atoms with E-state index in [0.29, 0.717) is 16.9 Å². The van der Waals surface area contributed by atoms with Crippen LogP contribution in [0.4, 0.5) is 4.39 Å². The monoisotopic (exact) mass is 361 g/mol. The van der Waals surface area contributed by atoms with E-state index < -0.39 is 0 Å². The summed E-state index contributed by atoms with van der Waals surface area (Å²) in [6, 6.07) is 6.73. The fourth-order valence-corrected chi connectivity index (χ4v) is 4.33. The van der Waals surface area contributed by atoms with E-state index in [1.165, 1.54) is 43.2 Å². The van der Waals surface area contributed by atoms with Crippen LogP contribution in [0.1, 0.15) is 39.0 Å². The molecule has 1 amide bonds. The maximum atomic E-state index is 13.5. The minimum Gasteiger partial charge on any atom is -0.342 e. The van der Waals surface area contributed by atoms with Gasteiger partial charge in [0, 0.05) is 25.5 Å². The van der Waals surface area contributed by atoms with Gasteiger partial charge in [-0.25, -0.2) is 9.37 Å². The first-order valence-electron chi connectivity index (χ1n) is 8.79. The molecule has 4 nitrogen and oxygen atoms in total. The Balaban J connectivity index is 1.70. The Morgan fingerprint density at radius 2 is 2.12 bits per heavy atom. The summed E-state index contributed by atoms with van der Waals surface area (Å²) in [4.78, 5) is 19.0. The van der Waals surface area contributed by atoms with Crippen LogP contribution in [0, 0.1) is 5.82 Å². The molecule has 0 bridgehead atoms. The summed E-state index contributed by atoms with van der Waals surface area (Å²) < 4.78 is 15.3. The summed E-state index contributed by atoms with van der Waals surface area (Å²) >= 11 is 1.42. The Morgan fingerprint density at radius 3 is 2.84 bits per heavy atom. The lowest BCUT2D eigenvalue weighted by Crippen LogP contribution is -2.42. The summed E-state index contributed by atoms with van der Waals surface area (Å²) in [6.45, 7) is 1.91. The number of rotatable bonds is 5. The number of thioether (sulfide) groups is 1. The predicted molar refractivity (Wildman–Crippen MR) is 98.5 cm³/mol. The van der Waals surface area contributed by atoms with Crippen molar-refractivity contribution in [3.63, 3.8) is 0 Å². The molecule has 0 radical (unpaired) electrons. The van der Waals surface area contributed by atoms with E-state index in [9.17, 15) is 9.18 Å². The first kappa shape index (κ1) is 18.0. The van der Waals surface area contributed by atoms with E-state index >= 15 is 0 Å². The van der Waals surface area contributed by atoms with Gasteiger partial charge in [-0.3, -0.25) is 9.36 Å². The quantitative estimate of drug-likeness (QED) is 0.746. The summed E-state index contributed by atoms with van der Waals surface area (Å²) in [5.41, 5.74) is 0.709. The second kappa shape index (κ2) is 8.04. The number of hydrogen-bond acceptors (Lipinski definition) is 3. The van der Waals surface area contributed by atoms with Crippen molar-refractivity contribution >= 4 is 17.7 Å². The summed E-state index contributed by atoms with van der Waals surface area (Å²) in [5.74, 6) is -0.158. The zero-order chi connectivity index (χ0) is 17.8. The van der Waals surface area contributed by atoms with Crippen LogP contribution < -0.4 is 0 Å². The third-order valence-electron chi connectivity index (χ3n) is 4.79. The molecule has 0 spiro atoms. The molecule has 0 N–H and O–H groups in total. The number of carbonyl (C=O) groups excluding carboxylic acids is 1. The Labute approximate surface area is 152 Å². The lowest BCUT2D eigenvalue weighted by atomic mass is 9.94. The molecule has 0 aliphatic heterocycles. The molecule has 25 heavy (non-hydrogen) atoms. The zero-order valence-electron chi connectivity index (χ0n) is 14.7. The molecule has 2 aromatic rings. The number of nitrogens with zero attached hydrogens (tertiary/aromatic N) is 3. The van der Waals surface area contributed by atoms with Gasteiger partial charge < -0.3 is 4.90 Å². The molecule has 1 aromatic heterocycles. The molecule has 1 aromatic carbocycles. The first-order valence-corrected chi connectivity index (χ1v) is 9.67. The van der Waals surface area contributed by atoms with Crippen LogP contribution in [0.5, 0.6) is 0 Å². The molecule has 1 aliphatic rings. The van der Waals surface area contributed by atoms with Crippen molar-refractivity contribution in [1.29, 1.82) is 0 Å². The second-order valence-corrected chi connectivity index (χ2v) is 7.87. The van der Waals surface area contributed by atoms with Crippen LogP contribution in [-0.2, 0) is 4.79 Å². The normalized spacial score (nSPS) is 16.6. The van der Waals surface area contributed by atoms with Crippen molar-refractivity contribution in [2.24, 2.45) is 0 Å². The molecule has 1 unspecified atom stereocenters. The Hall–Kier alpha value is -1.82. The first-order chi connectivity index (χ1) is 12.1. The van der Waals surface area contributed by atoms with Crippen molar-refractivity contribution in [2.75, 3.05) is 7.05 Å². The molecule has 0 saturated heterocycles. The number of halogens is 1. The number of carbonyl (C=O) groups is 1. The smallest absolute Gasteiger partial charge is 0.235 e. The molecule has 1 fully saturated rings. The van der Waals surface area contributed by atoms with Gasteiger partial charge in [0.1, 0.15) is 5.82 Å². The molecular weight excluding hydrogens is 337 g/mol. The van der Waals surface area contributed by atoms with Gasteiger partial charge in [-0.05, 0) is 38.0 Å². The lowest BCUT2D eigenvalue weighted by Gasteiger charge is -2.32. The second-order valence-electron chi connectivity index (χ2n) is 6.56. The summed E-state index contributed by atoms with van der Waals surface area (Å²) in [5, 5.41) is 0.463. The van der Waals surface area contributed by atoms with Gasteiger partial charge in [0.15, 0.2) is 5.16 Å². The van der Waals surface area contributed by atoms with Crippen LogP contribution in [-0.4, -0.2) is 38.7 Å². The van der Waals surface area contributed by atoms with Crippen molar-refractivity contribution in [2.45, 2.75) is 55.5 Å². The number of imidazole rings is 1. The highest BCUT2D eigenvalue weighted by Crippen LogP contribution is 2.28. The van der Waals surface area contributed by atoms with Crippen LogP contribution in [0.2, 0.25) is 0 Å². The van der Waals surface area contributed by atoms with Crippen LogP contribution in [0.25, 0.3) is 5.69 Å². The molecule has 1 saturated carbocycles. The maximum absolute atomic E-state index is 13.5. The van der Waals surface area contributed by atoms with Crippen molar-refractivity contribution in [3.8, 4) is 5.69 Å². The number of aromatic nitrogens is 2. The largest absolute Gasteiger partial charge is 0.342 e. The van der Waals surface area contributed by atoms with Gasteiger partial charge in [-0.1, -0.05) is 37.1 Å². The van der Waals surface area contributed by atoms with Crippen molar-refractivity contribution < 1.29 is 9.18 Å². The Kier molecular flexibility index (Phi) is 5.78. The van der Waals surface area contributed by atoms with Crippen molar-refractivity contribution in [3.05, 3.63) is 42.5 Å². The summed E-state index contributed by atoms with van der Waals surface area (Å²) in [7, 11) is 1.91. The van der Waals surface area contributed by atoms with Gasteiger partial charge in [0.05, 0.1) is 10.9 Å². The topological polar surface area (TPSA) is 38.1 Å². The third kappa shape index (κ3) is 4.24. The van der Waals surface area contributed by atoms with Crippen molar-refractivity contribution in [1.82, 2.24) is 14.5 Å². The fraction of sp³-hybridized carbons (Fsp3) is 0.474. The van der Waals surface area contributed by atoms with Gasteiger partial charge in [0.25, 0.3) is 0 Å².